The molecule has 75 valence electrons. The fraction of sp³-hybridized carbons (Fsp3) is 0.111. The Hall–Kier alpha value is -0.0101. The minimum absolute atomic E-state index is 0. The molecule has 0 unspecified atom stereocenters. The zero-order valence-electron chi connectivity index (χ0n) is 6.27. The van der Waals surface area contributed by atoms with E-state index in [1.54, 1.807) is 0 Å². The van der Waals surface area contributed by atoms with Crippen LogP contribution < -0.4 is 4.74 Å². The molecule has 0 saturated heterocycles. The Morgan fingerprint density at radius 3 is 2.54 bits per heavy atom. The van der Waals surface area contributed by atoms with Gasteiger partial charge < -0.3 is 4.74 Å². The summed E-state index contributed by atoms with van der Waals surface area (Å²) < 4.78 is 5.34. The Kier molecular flexibility index (Phi) is 8.80. The van der Waals surface area contributed by atoms with Gasteiger partial charge in [-0.2, -0.15) is 0 Å². The second-order valence-electron chi connectivity index (χ2n) is 2.25. The van der Waals surface area contributed by atoms with Gasteiger partial charge in [-0.3, -0.25) is 0 Å². The summed E-state index contributed by atoms with van der Waals surface area (Å²) in [5.41, 5.74) is 1.17. The third kappa shape index (κ3) is 3.70. The van der Waals surface area contributed by atoms with Crippen LogP contribution in [0.15, 0.2) is 30.3 Å². The summed E-state index contributed by atoms with van der Waals surface area (Å²) >= 11 is 0. The molecular weight excluding hydrogens is 266 g/mol. The molecule has 0 bridgehead atoms. The van der Waals surface area contributed by atoms with Gasteiger partial charge in [-0.1, -0.05) is 24.3 Å². The van der Waals surface area contributed by atoms with Gasteiger partial charge in [-0.05, 0) is 23.1 Å². The van der Waals surface area contributed by atoms with Gasteiger partial charge in [0, 0.05) is 39.1 Å². The molecule has 0 spiro atoms. The normalized spacial score (nSPS) is 10.8. The molecule has 0 N–H and O–H groups in total. The van der Waals surface area contributed by atoms with Crippen molar-refractivity contribution >= 4 is 17.0 Å². The minimum Gasteiger partial charge on any atom is -0.489 e. The van der Waals surface area contributed by atoms with Crippen LogP contribution >= 0.6 is 0 Å². The Labute approximate surface area is 103 Å². The van der Waals surface area contributed by atoms with Crippen molar-refractivity contribution in [3.63, 3.8) is 0 Å². The molecule has 1 aromatic rings. The molecular formula is C9H12MnNiOSi. The van der Waals surface area contributed by atoms with Crippen molar-refractivity contribution in [1.29, 1.82) is 0 Å². The van der Waals surface area contributed by atoms with Gasteiger partial charge >= 0.3 is 0 Å². The molecule has 1 aliphatic heterocycles. The first-order chi connectivity index (χ1) is 4.97. The third-order valence-corrected chi connectivity index (χ3v) is 1.55. The van der Waals surface area contributed by atoms with Gasteiger partial charge in [0.15, 0.2) is 0 Å². The first kappa shape index (κ1) is 15.5. The molecule has 0 saturated carbocycles. The zero-order valence-corrected chi connectivity index (χ0v) is 8.44. The van der Waals surface area contributed by atoms with Crippen molar-refractivity contribution in [2.75, 3.05) is 6.61 Å². The first-order valence-electron chi connectivity index (χ1n) is 3.35. The van der Waals surface area contributed by atoms with Crippen LogP contribution in [0.25, 0.3) is 6.08 Å². The molecule has 13 heavy (non-hydrogen) atoms. The van der Waals surface area contributed by atoms with Crippen molar-refractivity contribution in [3.8, 4) is 5.75 Å². The number of benzene rings is 1. The zero-order chi connectivity index (χ0) is 6.81. The molecule has 1 aliphatic rings. The van der Waals surface area contributed by atoms with Crippen LogP contribution in [0.1, 0.15) is 5.56 Å². The second-order valence-corrected chi connectivity index (χ2v) is 2.25. The third-order valence-electron chi connectivity index (χ3n) is 1.55. The van der Waals surface area contributed by atoms with Crippen LogP contribution in [-0.4, -0.2) is 17.6 Å². The van der Waals surface area contributed by atoms with Crippen molar-refractivity contribution in [1.82, 2.24) is 0 Å². The van der Waals surface area contributed by atoms with E-state index in [2.05, 4.69) is 6.08 Å². The van der Waals surface area contributed by atoms with Crippen LogP contribution in [-0.2, 0) is 33.6 Å². The van der Waals surface area contributed by atoms with Gasteiger partial charge in [0.25, 0.3) is 0 Å². The summed E-state index contributed by atoms with van der Waals surface area (Å²) in [6, 6.07) is 8.03. The van der Waals surface area contributed by atoms with Gasteiger partial charge in [-0.25, -0.2) is 0 Å². The van der Waals surface area contributed by atoms with E-state index in [0.717, 1.165) is 5.75 Å². The molecule has 4 heteroatoms. The summed E-state index contributed by atoms with van der Waals surface area (Å²) in [6.07, 6.45) is 4.10. The number of ether oxygens (including phenoxy) is 1. The number of hydrogen-bond donors (Lipinski definition) is 0. The maximum Gasteiger partial charge on any atom is 0.126 e. The number of fused-ring (bicyclic) bond motifs is 1. The Bertz CT molecular complexity index is 278. The molecule has 0 aliphatic carbocycles. The monoisotopic (exact) mass is 277 g/mol. The average molecular weight is 278 g/mol. The van der Waals surface area contributed by atoms with Gasteiger partial charge in [-0.15, -0.1) is 0 Å². The van der Waals surface area contributed by atoms with Gasteiger partial charge in [0.1, 0.15) is 12.4 Å². The number of hydrogen-bond acceptors (Lipinski definition) is 1. The topological polar surface area (TPSA) is 9.23 Å². The van der Waals surface area contributed by atoms with E-state index in [1.807, 2.05) is 30.3 Å². The molecule has 2 rings (SSSR count). The van der Waals surface area contributed by atoms with Crippen LogP contribution in [0.5, 0.6) is 5.75 Å². The van der Waals surface area contributed by atoms with Gasteiger partial charge in [0.05, 0.1) is 0 Å². The molecule has 0 aromatic heterocycles. The fourth-order valence-corrected chi connectivity index (χ4v) is 1.06. The standard InChI is InChI=1S/C9H8O.Mn.Ni.H4Si/c1-2-6-9-8(4-1)5-3-7-10-9;;;/h1-6H,7H2;;;1H4. The van der Waals surface area contributed by atoms with E-state index in [1.165, 1.54) is 5.56 Å². The van der Waals surface area contributed by atoms with Crippen molar-refractivity contribution in [2.24, 2.45) is 0 Å². The van der Waals surface area contributed by atoms with Crippen molar-refractivity contribution in [2.45, 2.75) is 0 Å². The van der Waals surface area contributed by atoms with Crippen molar-refractivity contribution < 1.29 is 38.3 Å². The molecule has 1 radical (unpaired) electrons. The van der Waals surface area contributed by atoms with E-state index in [-0.39, 0.29) is 44.5 Å². The summed E-state index contributed by atoms with van der Waals surface area (Å²) in [7, 11) is 0. The molecule has 1 aromatic carbocycles. The fourth-order valence-electron chi connectivity index (χ4n) is 1.06. The smallest absolute Gasteiger partial charge is 0.126 e. The van der Waals surface area contributed by atoms with Crippen molar-refractivity contribution in [3.05, 3.63) is 35.9 Å². The van der Waals surface area contributed by atoms with Crippen LogP contribution in [0.4, 0.5) is 0 Å². The average Bonchev–Trinajstić information content (AvgIpc) is 2.05. The summed E-state index contributed by atoms with van der Waals surface area (Å²) in [5, 5.41) is 0. The summed E-state index contributed by atoms with van der Waals surface area (Å²) in [5.74, 6) is 0.991. The SMILES string of the molecule is C1=Cc2ccccc2OC1.[Mn].[Ni].[SiH4]. The minimum atomic E-state index is 0. The largest absolute Gasteiger partial charge is 0.489 e. The Morgan fingerprint density at radius 1 is 1.15 bits per heavy atom. The second kappa shape index (κ2) is 7.40. The maximum absolute atomic E-state index is 5.34. The van der Waals surface area contributed by atoms with E-state index in [9.17, 15) is 0 Å². The van der Waals surface area contributed by atoms with Crippen LogP contribution in [0.2, 0.25) is 0 Å². The van der Waals surface area contributed by atoms with Crippen LogP contribution in [0.3, 0.4) is 0 Å². The Morgan fingerprint density at radius 2 is 1.85 bits per heavy atom. The predicted octanol–water partition coefficient (Wildman–Crippen LogP) is 0.636. The predicted molar refractivity (Wildman–Crippen MR) is 52.3 cm³/mol. The maximum atomic E-state index is 5.34. The van der Waals surface area contributed by atoms with E-state index in [0.29, 0.717) is 6.61 Å². The quantitative estimate of drug-likeness (QED) is 0.633. The van der Waals surface area contributed by atoms with E-state index >= 15 is 0 Å². The number of rotatable bonds is 0. The Balaban J connectivity index is 0. The van der Waals surface area contributed by atoms with E-state index in [4.69, 9.17) is 4.74 Å². The molecule has 0 atom stereocenters. The molecule has 0 fully saturated rings. The molecule has 0 amide bonds. The van der Waals surface area contributed by atoms with E-state index < -0.39 is 0 Å². The van der Waals surface area contributed by atoms with Crippen LogP contribution in [0, 0.1) is 0 Å². The summed E-state index contributed by atoms with van der Waals surface area (Å²) in [6.45, 7) is 0.705. The molecule has 1 heterocycles. The number of para-hydroxylation sites is 1. The van der Waals surface area contributed by atoms with Gasteiger partial charge in [0.2, 0.25) is 0 Å². The molecule has 1 nitrogen and oxygen atoms in total. The summed E-state index contributed by atoms with van der Waals surface area (Å²) in [4.78, 5) is 0. The first-order valence-corrected chi connectivity index (χ1v) is 3.35.